The average molecular weight is 351 g/mol. The van der Waals surface area contributed by atoms with Crippen molar-refractivity contribution in [1.29, 1.82) is 0 Å². The Morgan fingerprint density at radius 1 is 1.10 bits per heavy atom. The molecule has 0 aromatic heterocycles. The van der Waals surface area contributed by atoms with E-state index in [1.165, 1.54) is 6.07 Å². The summed E-state index contributed by atoms with van der Waals surface area (Å²) in [5.41, 5.74) is 1.85. The number of benzene rings is 2. The fraction of sp³-hybridized carbons (Fsp3) is 0.333. The first-order valence-electron chi connectivity index (χ1n) is 7.31. The van der Waals surface area contributed by atoms with Gasteiger partial charge in [-0.05, 0) is 42.2 Å². The fourth-order valence-corrected chi connectivity index (χ4v) is 2.74. The summed E-state index contributed by atoms with van der Waals surface area (Å²) in [5, 5.41) is 0. The minimum absolute atomic E-state index is 0.0964. The maximum atomic E-state index is 13.7. The second kappa shape index (κ2) is 8.18. The Bertz CT molecular complexity index is 553. The van der Waals surface area contributed by atoms with Crippen LogP contribution in [0.3, 0.4) is 0 Å². The lowest BCUT2D eigenvalue weighted by Gasteiger charge is -2.12. The van der Waals surface area contributed by atoms with Crippen molar-refractivity contribution < 1.29 is 9.13 Å². The molecule has 3 heteroatoms. The van der Waals surface area contributed by atoms with Crippen LogP contribution in [0, 0.1) is 5.82 Å². The molecule has 0 spiro atoms. The third kappa shape index (κ3) is 4.85. The molecular weight excluding hydrogens is 331 g/mol. The van der Waals surface area contributed by atoms with E-state index in [2.05, 4.69) is 22.9 Å². The van der Waals surface area contributed by atoms with Gasteiger partial charge in [0, 0.05) is 4.83 Å². The van der Waals surface area contributed by atoms with E-state index in [1.807, 2.05) is 36.4 Å². The maximum absolute atomic E-state index is 13.7. The normalized spacial score (nSPS) is 12.1. The van der Waals surface area contributed by atoms with Gasteiger partial charge in [0.05, 0.1) is 6.61 Å². The molecule has 2 rings (SSSR count). The molecule has 0 saturated carbocycles. The van der Waals surface area contributed by atoms with Crippen LogP contribution in [0.1, 0.15) is 35.7 Å². The van der Waals surface area contributed by atoms with Crippen LogP contribution < -0.4 is 4.74 Å². The van der Waals surface area contributed by atoms with Gasteiger partial charge in [0.1, 0.15) is 11.6 Å². The van der Waals surface area contributed by atoms with Crippen LogP contribution in [0.15, 0.2) is 48.5 Å². The summed E-state index contributed by atoms with van der Waals surface area (Å²) < 4.78 is 19.3. The zero-order valence-electron chi connectivity index (χ0n) is 12.2. The minimum Gasteiger partial charge on any atom is -0.494 e. The van der Waals surface area contributed by atoms with Crippen molar-refractivity contribution in [3.63, 3.8) is 0 Å². The molecule has 0 heterocycles. The van der Waals surface area contributed by atoms with Gasteiger partial charge in [0.25, 0.3) is 0 Å². The molecule has 0 aliphatic heterocycles. The Labute approximate surface area is 134 Å². The summed E-state index contributed by atoms with van der Waals surface area (Å²) in [4.78, 5) is 0.0964. The number of alkyl halides is 1. The van der Waals surface area contributed by atoms with E-state index in [9.17, 15) is 4.39 Å². The van der Waals surface area contributed by atoms with Crippen LogP contribution in [-0.2, 0) is 6.42 Å². The molecule has 2 aromatic rings. The van der Waals surface area contributed by atoms with E-state index in [-0.39, 0.29) is 10.6 Å². The quantitative estimate of drug-likeness (QED) is 0.460. The molecule has 0 radical (unpaired) electrons. The molecule has 1 nitrogen and oxygen atoms in total. The van der Waals surface area contributed by atoms with Crippen LogP contribution in [0.25, 0.3) is 0 Å². The van der Waals surface area contributed by atoms with E-state index >= 15 is 0 Å². The summed E-state index contributed by atoms with van der Waals surface area (Å²) in [6.07, 6.45) is 2.82. The van der Waals surface area contributed by atoms with Crippen molar-refractivity contribution in [1.82, 2.24) is 0 Å². The van der Waals surface area contributed by atoms with Crippen molar-refractivity contribution in [2.75, 3.05) is 6.61 Å². The standard InChI is InChI=1S/C18H20BrFO/c1-2-3-12-21-16-10-8-14(9-11-16)17(19)13-15-6-4-5-7-18(15)20/h4-11,17H,2-3,12-13H2,1H3. The van der Waals surface area contributed by atoms with Crippen LogP contribution in [0.4, 0.5) is 4.39 Å². The number of hydrogen-bond donors (Lipinski definition) is 0. The second-order valence-corrected chi connectivity index (χ2v) is 6.14. The van der Waals surface area contributed by atoms with Crippen molar-refractivity contribution in [2.45, 2.75) is 31.0 Å². The van der Waals surface area contributed by atoms with Crippen molar-refractivity contribution in [3.05, 3.63) is 65.5 Å². The van der Waals surface area contributed by atoms with Gasteiger partial charge < -0.3 is 4.74 Å². The Hall–Kier alpha value is -1.35. The number of unbranched alkanes of at least 4 members (excludes halogenated alkanes) is 1. The summed E-state index contributed by atoms with van der Waals surface area (Å²) >= 11 is 3.64. The zero-order chi connectivity index (χ0) is 15.1. The Morgan fingerprint density at radius 2 is 1.81 bits per heavy atom. The predicted octanol–water partition coefficient (Wildman–Crippen LogP) is 5.68. The van der Waals surface area contributed by atoms with E-state index in [0.717, 1.165) is 36.3 Å². The third-order valence-electron chi connectivity index (χ3n) is 3.37. The lowest BCUT2D eigenvalue weighted by molar-refractivity contribution is 0.309. The minimum atomic E-state index is -0.151. The summed E-state index contributed by atoms with van der Waals surface area (Å²) in [7, 11) is 0. The monoisotopic (exact) mass is 350 g/mol. The SMILES string of the molecule is CCCCOc1ccc(C(Br)Cc2ccccc2F)cc1. The van der Waals surface area contributed by atoms with Gasteiger partial charge >= 0.3 is 0 Å². The molecule has 0 aliphatic carbocycles. The highest BCUT2D eigenvalue weighted by Crippen LogP contribution is 2.29. The highest BCUT2D eigenvalue weighted by Gasteiger charge is 2.11. The largest absolute Gasteiger partial charge is 0.494 e. The smallest absolute Gasteiger partial charge is 0.126 e. The Morgan fingerprint density at radius 3 is 2.48 bits per heavy atom. The molecular formula is C18H20BrFO. The number of ether oxygens (including phenoxy) is 1. The molecule has 112 valence electrons. The molecule has 0 saturated heterocycles. The number of hydrogen-bond acceptors (Lipinski definition) is 1. The topological polar surface area (TPSA) is 9.23 Å². The van der Waals surface area contributed by atoms with Gasteiger partial charge in [-0.1, -0.05) is 59.6 Å². The first kappa shape index (κ1) is 16.0. The first-order valence-corrected chi connectivity index (χ1v) is 8.22. The van der Waals surface area contributed by atoms with Crippen molar-refractivity contribution in [3.8, 4) is 5.75 Å². The van der Waals surface area contributed by atoms with E-state index in [4.69, 9.17) is 4.74 Å². The molecule has 0 N–H and O–H groups in total. The second-order valence-electron chi connectivity index (χ2n) is 5.03. The molecule has 0 bridgehead atoms. The van der Waals surface area contributed by atoms with E-state index in [1.54, 1.807) is 6.07 Å². The fourth-order valence-electron chi connectivity index (χ4n) is 2.08. The molecule has 0 aliphatic rings. The van der Waals surface area contributed by atoms with Gasteiger partial charge in [-0.3, -0.25) is 0 Å². The maximum Gasteiger partial charge on any atom is 0.126 e. The average Bonchev–Trinajstić information content (AvgIpc) is 2.50. The van der Waals surface area contributed by atoms with E-state index < -0.39 is 0 Å². The molecule has 1 atom stereocenters. The third-order valence-corrected chi connectivity index (χ3v) is 4.22. The van der Waals surface area contributed by atoms with Gasteiger partial charge in [-0.25, -0.2) is 4.39 Å². The lowest BCUT2D eigenvalue weighted by atomic mass is 10.0. The van der Waals surface area contributed by atoms with Gasteiger partial charge in [-0.2, -0.15) is 0 Å². The Kier molecular flexibility index (Phi) is 6.24. The number of rotatable bonds is 7. The van der Waals surface area contributed by atoms with E-state index in [0.29, 0.717) is 6.42 Å². The molecule has 2 aromatic carbocycles. The van der Waals surface area contributed by atoms with Crippen LogP contribution in [-0.4, -0.2) is 6.61 Å². The van der Waals surface area contributed by atoms with Gasteiger partial charge in [0.2, 0.25) is 0 Å². The predicted molar refractivity (Wildman–Crippen MR) is 88.6 cm³/mol. The van der Waals surface area contributed by atoms with Crippen LogP contribution in [0.2, 0.25) is 0 Å². The van der Waals surface area contributed by atoms with Crippen molar-refractivity contribution >= 4 is 15.9 Å². The van der Waals surface area contributed by atoms with Crippen LogP contribution >= 0.6 is 15.9 Å². The van der Waals surface area contributed by atoms with Gasteiger partial charge in [0.15, 0.2) is 0 Å². The highest BCUT2D eigenvalue weighted by atomic mass is 79.9. The van der Waals surface area contributed by atoms with Gasteiger partial charge in [-0.15, -0.1) is 0 Å². The highest BCUT2D eigenvalue weighted by molar-refractivity contribution is 9.09. The van der Waals surface area contributed by atoms with Crippen LogP contribution in [0.5, 0.6) is 5.75 Å². The molecule has 21 heavy (non-hydrogen) atoms. The molecule has 0 amide bonds. The Balaban J connectivity index is 1.96. The summed E-state index contributed by atoms with van der Waals surface area (Å²) in [5.74, 6) is 0.735. The molecule has 1 unspecified atom stereocenters. The zero-order valence-corrected chi connectivity index (χ0v) is 13.8. The lowest BCUT2D eigenvalue weighted by Crippen LogP contribution is -1.99. The van der Waals surface area contributed by atoms with Crippen molar-refractivity contribution in [2.24, 2.45) is 0 Å². The number of halogens is 2. The first-order chi connectivity index (χ1) is 10.2. The summed E-state index contributed by atoms with van der Waals surface area (Å²) in [6, 6.07) is 14.9. The molecule has 0 fully saturated rings. The summed E-state index contributed by atoms with van der Waals surface area (Å²) in [6.45, 7) is 2.90.